The standard InChI is InChI=1S/C14H20ClNS/c1-16-13(9-11-3-2-4-11)10-17-14-7-5-12(15)6-8-14/h5-8,11,13,16H,2-4,9-10H2,1H3. The average molecular weight is 270 g/mol. The first-order valence-corrected chi connectivity index (χ1v) is 7.70. The fraction of sp³-hybridized carbons (Fsp3) is 0.571. The fourth-order valence-corrected chi connectivity index (χ4v) is 3.28. The number of nitrogens with one attached hydrogen (secondary N) is 1. The molecular weight excluding hydrogens is 250 g/mol. The van der Waals surface area contributed by atoms with Gasteiger partial charge in [-0.3, -0.25) is 0 Å². The Balaban J connectivity index is 1.76. The SMILES string of the molecule is CNC(CSc1ccc(Cl)cc1)CC1CCC1. The van der Waals surface area contributed by atoms with E-state index in [9.17, 15) is 0 Å². The first-order valence-electron chi connectivity index (χ1n) is 6.33. The summed E-state index contributed by atoms with van der Waals surface area (Å²) in [4.78, 5) is 1.31. The molecule has 1 aromatic rings. The molecule has 1 aliphatic carbocycles. The van der Waals surface area contributed by atoms with Gasteiger partial charge in [0, 0.05) is 21.7 Å². The van der Waals surface area contributed by atoms with Gasteiger partial charge in [-0.05, 0) is 43.7 Å². The zero-order valence-electron chi connectivity index (χ0n) is 10.3. The minimum atomic E-state index is 0.640. The van der Waals surface area contributed by atoms with Crippen LogP contribution in [0.4, 0.5) is 0 Å². The van der Waals surface area contributed by atoms with Crippen LogP contribution in [0.1, 0.15) is 25.7 Å². The van der Waals surface area contributed by atoms with E-state index in [2.05, 4.69) is 24.5 Å². The van der Waals surface area contributed by atoms with Gasteiger partial charge in [0.25, 0.3) is 0 Å². The monoisotopic (exact) mass is 269 g/mol. The third-order valence-corrected chi connectivity index (χ3v) is 4.94. The first kappa shape index (κ1) is 13.3. The van der Waals surface area contributed by atoms with E-state index in [0.29, 0.717) is 6.04 Å². The van der Waals surface area contributed by atoms with Crippen LogP contribution < -0.4 is 5.32 Å². The van der Waals surface area contributed by atoms with Gasteiger partial charge >= 0.3 is 0 Å². The van der Waals surface area contributed by atoms with Crippen LogP contribution in [0.2, 0.25) is 5.02 Å². The number of rotatable bonds is 6. The molecule has 1 atom stereocenters. The Morgan fingerprint density at radius 2 is 2.06 bits per heavy atom. The largest absolute Gasteiger partial charge is 0.316 e. The Kier molecular flexibility index (Phi) is 5.20. The van der Waals surface area contributed by atoms with Crippen LogP contribution in [0.25, 0.3) is 0 Å². The maximum absolute atomic E-state index is 5.88. The van der Waals surface area contributed by atoms with Crippen molar-refractivity contribution >= 4 is 23.4 Å². The average Bonchev–Trinajstić information content (AvgIpc) is 2.29. The van der Waals surface area contributed by atoms with E-state index in [1.54, 1.807) is 0 Å². The molecule has 94 valence electrons. The van der Waals surface area contributed by atoms with Gasteiger partial charge in [0.15, 0.2) is 0 Å². The molecule has 3 heteroatoms. The topological polar surface area (TPSA) is 12.0 Å². The molecule has 17 heavy (non-hydrogen) atoms. The summed E-state index contributed by atoms with van der Waals surface area (Å²) >= 11 is 7.79. The van der Waals surface area contributed by atoms with Crippen molar-refractivity contribution in [3.8, 4) is 0 Å². The smallest absolute Gasteiger partial charge is 0.0406 e. The normalized spacial score (nSPS) is 17.8. The van der Waals surface area contributed by atoms with Gasteiger partial charge in [-0.2, -0.15) is 0 Å². The van der Waals surface area contributed by atoms with Crippen molar-refractivity contribution in [1.29, 1.82) is 0 Å². The van der Waals surface area contributed by atoms with Crippen molar-refractivity contribution in [3.05, 3.63) is 29.3 Å². The second-order valence-electron chi connectivity index (χ2n) is 4.78. The Labute approximate surface area is 113 Å². The summed E-state index contributed by atoms with van der Waals surface area (Å²) in [6, 6.07) is 8.77. The summed E-state index contributed by atoms with van der Waals surface area (Å²) in [5.74, 6) is 2.12. The van der Waals surface area contributed by atoms with Crippen LogP contribution in [-0.4, -0.2) is 18.8 Å². The first-order chi connectivity index (χ1) is 8.28. The van der Waals surface area contributed by atoms with Gasteiger partial charge in [0.1, 0.15) is 0 Å². The number of halogens is 1. The van der Waals surface area contributed by atoms with Crippen LogP contribution in [0, 0.1) is 5.92 Å². The highest BCUT2D eigenvalue weighted by Gasteiger charge is 2.21. The molecule has 1 N–H and O–H groups in total. The van der Waals surface area contributed by atoms with Gasteiger partial charge < -0.3 is 5.32 Å². The van der Waals surface area contributed by atoms with Gasteiger partial charge in [-0.15, -0.1) is 11.8 Å². The fourth-order valence-electron chi connectivity index (χ4n) is 2.13. The van der Waals surface area contributed by atoms with E-state index in [-0.39, 0.29) is 0 Å². The third kappa shape index (κ3) is 4.20. The van der Waals surface area contributed by atoms with Crippen molar-refractivity contribution in [2.75, 3.05) is 12.8 Å². The van der Waals surface area contributed by atoms with Gasteiger partial charge in [0.05, 0.1) is 0 Å². The highest BCUT2D eigenvalue weighted by Crippen LogP contribution is 2.31. The molecule has 0 bridgehead atoms. The van der Waals surface area contributed by atoms with E-state index in [4.69, 9.17) is 11.6 Å². The van der Waals surface area contributed by atoms with Crippen LogP contribution in [-0.2, 0) is 0 Å². The lowest BCUT2D eigenvalue weighted by Crippen LogP contribution is -2.32. The Hall–Kier alpha value is -0.180. The number of hydrogen-bond donors (Lipinski definition) is 1. The number of hydrogen-bond acceptors (Lipinski definition) is 2. The van der Waals surface area contributed by atoms with Crippen LogP contribution in [0.15, 0.2) is 29.2 Å². The summed E-state index contributed by atoms with van der Waals surface area (Å²) in [6.45, 7) is 0. The lowest BCUT2D eigenvalue weighted by atomic mass is 9.81. The molecule has 0 heterocycles. The predicted octanol–water partition coefficient (Wildman–Crippen LogP) is 4.21. The van der Waals surface area contributed by atoms with Crippen molar-refractivity contribution in [1.82, 2.24) is 5.32 Å². The summed E-state index contributed by atoms with van der Waals surface area (Å²) in [5.41, 5.74) is 0. The molecule has 0 saturated heterocycles. The second-order valence-corrected chi connectivity index (χ2v) is 6.31. The molecule has 0 radical (unpaired) electrons. The third-order valence-electron chi connectivity index (χ3n) is 3.52. The van der Waals surface area contributed by atoms with Crippen molar-refractivity contribution < 1.29 is 0 Å². The molecule has 1 aromatic carbocycles. The van der Waals surface area contributed by atoms with Crippen LogP contribution in [0.3, 0.4) is 0 Å². The summed E-state index contributed by atoms with van der Waals surface area (Å²) in [6.07, 6.45) is 5.64. The lowest BCUT2D eigenvalue weighted by Gasteiger charge is -2.29. The molecule has 0 spiro atoms. The van der Waals surface area contributed by atoms with E-state index < -0.39 is 0 Å². The van der Waals surface area contributed by atoms with E-state index >= 15 is 0 Å². The molecule has 1 unspecified atom stereocenters. The van der Waals surface area contributed by atoms with Crippen LogP contribution in [0.5, 0.6) is 0 Å². The van der Waals surface area contributed by atoms with Crippen molar-refractivity contribution in [2.45, 2.75) is 36.6 Å². The molecule has 1 aliphatic rings. The van der Waals surface area contributed by atoms with Gasteiger partial charge in [-0.25, -0.2) is 0 Å². The number of benzene rings is 1. The summed E-state index contributed by atoms with van der Waals surface area (Å²) in [5, 5.41) is 4.25. The van der Waals surface area contributed by atoms with Crippen molar-refractivity contribution in [2.24, 2.45) is 5.92 Å². The molecular formula is C14H20ClNS. The summed E-state index contributed by atoms with van der Waals surface area (Å²) < 4.78 is 0. The molecule has 1 fully saturated rings. The molecule has 1 saturated carbocycles. The lowest BCUT2D eigenvalue weighted by molar-refractivity contribution is 0.272. The maximum atomic E-state index is 5.88. The molecule has 0 amide bonds. The maximum Gasteiger partial charge on any atom is 0.0406 e. The molecule has 1 nitrogen and oxygen atoms in total. The minimum absolute atomic E-state index is 0.640. The number of thioether (sulfide) groups is 1. The van der Waals surface area contributed by atoms with E-state index in [1.165, 1.54) is 30.6 Å². The van der Waals surface area contributed by atoms with Crippen LogP contribution >= 0.6 is 23.4 Å². The zero-order chi connectivity index (χ0) is 12.1. The molecule has 0 aliphatic heterocycles. The molecule has 0 aromatic heterocycles. The Morgan fingerprint density at radius 3 is 2.59 bits per heavy atom. The van der Waals surface area contributed by atoms with Crippen molar-refractivity contribution in [3.63, 3.8) is 0 Å². The van der Waals surface area contributed by atoms with E-state index in [0.717, 1.165) is 16.7 Å². The Bertz CT molecular complexity index is 335. The second kappa shape index (κ2) is 6.67. The van der Waals surface area contributed by atoms with Gasteiger partial charge in [0.2, 0.25) is 0 Å². The Morgan fingerprint density at radius 1 is 1.35 bits per heavy atom. The van der Waals surface area contributed by atoms with Gasteiger partial charge in [-0.1, -0.05) is 30.9 Å². The van der Waals surface area contributed by atoms with E-state index in [1.807, 2.05) is 23.9 Å². The predicted molar refractivity (Wildman–Crippen MR) is 77.0 cm³/mol. The zero-order valence-corrected chi connectivity index (χ0v) is 11.9. The highest BCUT2D eigenvalue weighted by molar-refractivity contribution is 7.99. The quantitative estimate of drug-likeness (QED) is 0.777. The minimum Gasteiger partial charge on any atom is -0.316 e. The molecule has 2 rings (SSSR count). The summed E-state index contributed by atoms with van der Waals surface area (Å²) in [7, 11) is 2.08. The highest BCUT2D eigenvalue weighted by atomic mass is 35.5.